The van der Waals surface area contributed by atoms with E-state index in [2.05, 4.69) is 36.9 Å². The fourth-order valence-corrected chi connectivity index (χ4v) is 7.85. The molecule has 0 aliphatic carbocycles. The van der Waals surface area contributed by atoms with Crippen molar-refractivity contribution in [2.75, 3.05) is 26.2 Å². The number of nitrogens with zero attached hydrogens (tertiary/aromatic N) is 1. The van der Waals surface area contributed by atoms with Crippen LogP contribution in [0.2, 0.25) is 0 Å². The molecule has 0 aliphatic heterocycles. The van der Waals surface area contributed by atoms with Crippen molar-refractivity contribution < 1.29 is 87.9 Å². The average Bonchev–Trinajstić information content (AvgIpc) is 3.42. The third-order valence-electron chi connectivity index (χ3n) is 12.7. The summed E-state index contributed by atoms with van der Waals surface area (Å²) in [4.78, 5) is 173. The van der Waals surface area contributed by atoms with E-state index >= 15 is 0 Å². The number of nitrogens with two attached hydrogens (primary N) is 5. The van der Waals surface area contributed by atoms with E-state index in [9.17, 15) is 82.8 Å². The molecule has 33 heteroatoms. The van der Waals surface area contributed by atoms with Crippen LogP contribution in [0.4, 0.5) is 0 Å². The predicted molar refractivity (Wildman–Crippen MR) is 296 cm³/mol. The molecule has 83 heavy (non-hydrogen) atoms. The van der Waals surface area contributed by atoms with Gasteiger partial charge < -0.3 is 102 Å². The number of aliphatic hydroxyl groups is 1. The number of aliphatic hydroxyl groups excluding tert-OH is 1. The van der Waals surface area contributed by atoms with Crippen LogP contribution >= 0.6 is 0 Å². The lowest BCUT2D eigenvalue weighted by molar-refractivity contribution is -0.144. The van der Waals surface area contributed by atoms with Crippen LogP contribution in [0.3, 0.4) is 0 Å². The first kappa shape index (κ1) is 75.2. The molecule has 33 nitrogen and oxygen atoms in total. The van der Waals surface area contributed by atoms with Crippen LogP contribution in [0.25, 0.3) is 0 Å². The molecule has 0 aliphatic rings. The average molecular weight is 1190 g/mol. The van der Waals surface area contributed by atoms with Gasteiger partial charge in [0.05, 0.1) is 25.1 Å². The fraction of sp³-hybridized carbons (Fsp3) is 0.720. The molecule has 0 aromatic heterocycles. The lowest BCUT2D eigenvalue weighted by atomic mass is 9.96. The molecule has 0 saturated carbocycles. The maximum Gasteiger partial charge on any atom is 0.326 e. The SMILES string of the molecule is CC[C@H](C)[C@H](NC(=O)[C@H](CCCN=C(N)N)NC(=O)[C@H](CCCCN)NC(=O)[C@@H](N)CC(C)C)C(=O)N[C@@H](CCCCN)C(=O)N[C@H](C(=O)N[C@@H](CCC(=O)O)C(=O)N[C@@H](CC(=O)O)C(=O)NCC(=O)N[C@@H](CCC(=O)O)C(=O)O)[C@@H](C)O. The third-order valence-corrected chi connectivity index (χ3v) is 12.7. The summed E-state index contributed by atoms with van der Waals surface area (Å²) in [5.41, 5.74) is 28.5. The van der Waals surface area contributed by atoms with Gasteiger partial charge in [-0.15, -0.1) is 0 Å². The maximum atomic E-state index is 14.3. The molecule has 9 amide bonds. The molecule has 0 aromatic carbocycles. The number of carbonyl (C=O) groups excluding carboxylic acids is 9. The van der Waals surface area contributed by atoms with Crippen molar-refractivity contribution in [1.82, 2.24) is 47.9 Å². The highest BCUT2D eigenvalue weighted by Gasteiger charge is 2.37. The fourth-order valence-electron chi connectivity index (χ4n) is 7.85. The molecule has 0 aromatic rings. The molecule has 472 valence electrons. The second-order valence-electron chi connectivity index (χ2n) is 20.3. The normalized spacial score (nSPS) is 15.0. The number of guanidine groups is 1. The molecule has 0 spiro atoms. The van der Waals surface area contributed by atoms with E-state index in [-0.39, 0.29) is 63.5 Å². The van der Waals surface area contributed by atoms with Crippen molar-refractivity contribution in [3.63, 3.8) is 0 Å². The van der Waals surface area contributed by atoms with Crippen LogP contribution in [0, 0.1) is 11.8 Å². The number of carbonyl (C=O) groups is 13. The third kappa shape index (κ3) is 31.9. The monoisotopic (exact) mass is 1190 g/mol. The van der Waals surface area contributed by atoms with Crippen LogP contribution in [-0.4, -0.2) is 195 Å². The number of amides is 9. The van der Waals surface area contributed by atoms with Crippen molar-refractivity contribution >= 4 is 83.0 Å². The highest BCUT2D eigenvalue weighted by molar-refractivity contribution is 5.99. The Labute approximate surface area is 480 Å². The minimum Gasteiger partial charge on any atom is -0.481 e. The molecule has 11 atom stereocenters. The Bertz CT molecular complexity index is 2220. The van der Waals surface area contributed by atoms with E-state index in [0.29, 0.717) is 32.2 Å². The van der Waals surface area contributed by atoms with Gasteiger partial charge in [-0.2, -0.15) is 0 Å². The summed E-state index contributed by atoms with van der Waals surface area (Å²) in [6, 6.07) is -13.9. The first-order valence-corrected chi connectivity index (χ1v) is 27.4. The van der Waals surface area contributed by atoms with E-state index < -0.39 is 182 Å². The Kier molecular flexibility index (Phi) is 36.6. The highest BCUT2D eigenvalue weighted by atomic mass is 16.4. The second kappa shape index (κ2) is 40.4. The summed E-state index contributed by atoms with van der Waals surface area (Å²) in [7, 11) is 0. The molecular formula is C50H89N15O18. The smallest absolute Gasteiger partial charge is 0.326 e. The summed E-state index contributed by atoms with van der Waals surface area (Å²) >= 11 is 0. The van der Waals surface area contributed by atoms with E-state index in [1.165, 1.54) is 0 Å². The van der Waals surface area contributed by atoms with Crippen molar-refractivity contribution in [3.8, 4) is 0 Å². The topological polar surface area (TPSA) is 574 Å². The Morgan fingerprint density at radius 1 is 0.482 bits per heavy atom. The number of unbranched alkanes of at least 4 members (excludes halogenated alkanes) is 2. The van der Waals surface area contributed by atoms with Crippen molar-refractivity contribution in [2.45, 2.75) is 191 Å². The van der Waals surface area contributed by atoms with E-state index in [4.69, 9.17) is 33.8 Å². The molecule has 0 unspecified atom stereocenters. The van der Waals surface area contributed by atoms with Crippen LogP contribution < -0.4 is 76.5 Å². The summed E-state index contributed by atoms with van der Waals surface area (Å²) < 4.78 is 0. The Morgan fingerprint density at radius 3 is 1.34 bits per heavy atom. The van der Waals surface area contributed by atoms with Gasteiger partial charge >= 0.3 is 23.9 Å². The highest BCUT2D eigenvalue weighted by Crippen LogP contribution is 2.14. The molecule has 0 saturated heterocycles. The van der Waals surface area contributed by atoms with E-state index in [0.717, 1.165) is 6.92 Å². The van der Waals surface area contributed by atoms with Crippen molar-refractivity contribution in [2.24, 2.45) is 45.5 Å². The predicted octanol–water partition coefficient (Wildman–Crippen LogP) is -5.62. The van der Waals surface area contributed by atoms with Gasteiger partial charge in [0.2, 0.25) is 53.2 Å². The van der Waals surface area contributed by atoms with Gasteiger partial charge in [0.1, 0.15) is 48.3 Å². The second-order valence-corrected chi connectivity index (χ2v) is 20.3. The largest absolute Gasteiger partial charge is 0.481 e. The molecule has 24 N–H and O–H groups in total. The van der Waals surface area contributed by atoms with E-state index in [1.54, 1.807) is 13.8 Å². The van der Waals surface area contributed by atoms with Crippen molar-refractivity contribution in [1.29, 1.82) is 0 Å². The Hall–Kier alpha value is -7.78. The minimum absolute atomic E-state index is 0.0372. The zero-order valence-electron chi connectivity index (χ0n) is 47.7. The summed E-state index contributed by atoms with van der Waals surface area (Å²) in [6.45, 7) is 7.64. The molecule has 0 heterocycles. The zero-order chi connectivity index (χ0) is 63.5. The summed E-state index contributed by atoms with van der Waals surface area (Å²) in [6.07, 6.45) is -3.48. The standard InChI is InChI=1S/C50H89N15O18/c1-6-26(4)39(64-45(78)31(14-11-21-56-50(54)55)60-43(76)29(12-7-9-19-51)59-41(74)28(53)22-25(2)3)47(80)61-30(13-8-10-20-52)46(79)65-40(27(5)66)48(81)62-32(15-17-36(68)69)44(77)63-34(23-38(72)73)42(75)57-24-35(67)58-33(49(82)83)16-18-37(70)71/h25-34,39-40,66H,6-24,51-53H2,1-5H3,(H,57,75)(H,58,67)(H,59,74)(H,60,76)(H,61,80)(H,62,81)(H,63,77)(H,64,78)(H,65,79)(H,68,69)(H,70,71)(H,72,73)(H,82,83)(H4,54,55,56)/t26-,27+,28-,29-,30-,31-,32-,33-,34-,39-,40-/m0/s1. The number of carboxylic acids is 4. The number of aliphatic carboxylic acids is 4. The van der Waals surface area contributed by atoms with Gasteiger partial charge in [0.25, 0.3) is 0 Å². The number of nitrogens with one attached hydrogen (secondary N) is 9. The Balaban J connectivity index is 6.82. The lowest BCUT2D eigenvalue weighted by Gasteiger charge is -2.30. The van der Waals surface area contributed by atoms with Gasteiger partial charge in [-0.3, -0.25) is 62.5 Å². The number of carboxylic acid groups (broad SMARTS) is 4. The minimum atomic E-state index is -2.02. The van der Waals surface area contributed by atoms with Crippen molar-refractivity contribution in [3.05, 3.63) is 0 Å². The van der Waals surface area contributed by atoms with Gasteiger partial charge in [0, 0.05) is 19.4 Å². The number of hydrogen-bond acceptors (Lipinski definition) is 18. The first-order chi connectivity index (χ1) is 38.9. The quantitative estimate of drug-likeness (QED) is 0.0154. The Morgan fingerprint density at radius 2 is 0.904 bits per heavy atom. The molecule has 0 rings (SSSR count). The molecule has 0 fully saturated rings. The zero-order valence-corrected chi connectivity index (χ0v) is 47.7. The number of hydrogen-bond donors (Lipinski definition) is 19. The van der Waals surface area contributed by atoms with Gasteiger partial charge in [-0.05, 0) is 102 Å². The van der Waals surface area contributed by atoms with Gasteiger partial charge in [-0.25, -0.2) is 4.79 Å². The van der Waals surface area contributed by atoms with Crippen LogP contribution in [0.1, 0.15) is 131 Å². The van der Waals surface area contributed by atoms with Gasteiger partial charge in [0.15, 0.2) is 5.96 Å². The maximum absolute atomic E-state index is 14.3. The van der Waals surface area contributed by atoms with Crippen LogP contribution in [0.15, 0.2) is 4.99 Å². The van der Waals surface area contributed by atoms with Crippen LogP contribution in [0.5, 0.6) is 0 Å². The molecular weight excluding hydrogens is 1100 g/mol. The van der Waals surface area contributed by atoms with Crippen LogP contribution in [-0.2, 0) is 62.3 Å². The molecule has 0 bridgehead atoms. The van der Waals surface area contributed by atoms with E-state index in [1.807, 2.05) is 29.8 Å². The molecule has 0 radical (unpaired) electrons. The lowest BCUT2D eigenvalue weighted by Crippen LogP contribution is -2.62. The first-order valence-electron chi connectivity index (χ1n) is 27.4. The summed E-state index contributed by atoms with van der Waals surface area (Å²) in [5.74, 6) is -16.2. The summed E-state index contributed by atoms with van der Waals surface area (Å²) in [5, 5.41) is 69.1. The number of aliphatic imine (C=N–C) groups is 1. The van der Waals surface area contributed by atoms with Gasteiger partial charge in [-0.1, -0.05) is 34.1 Å². The number of rotatable bonds is 44.